The number of rotatable bonds is 46. The lowest BCUT2D eigenvalue weighted by Crippen LogP contribution is -2.60. The van der Waals surface area contributed by atoms with Crippen LogP contribution in [0.25, 0.3) is 10.9 Å². The van der Waals surface area contributed by atoms with Crippen LogP contribution in [0.15, 0.2) is 48.0 Å². The number of aromatic amines is 2. The van der Waals surface area contributed by atoms with Gasteiger partial charge in [-0.2, -0.15) is 11.8 Å². The minimum atomic E-state index is -1.57. The maximum absolute atomic E-state index is 14.7. The summed E-state index contributed by atoms with van der Waals surface area (Å²) in [7, 11) is 0. The molecule has 2 fully saturated rings. The molecule has 8 atom stereocenters. The molecule has 23 N–H and O–H groups in total. The highest BCUT2D eigenvalue weighted by molar-refractivity contribution is 7.98. The van der Waals surface area contributed by atoms with E-state index in [1.807, 2.05) is 20.1 Å². The molecule has 2 aliphatic rings. The zero-order valence-electron chi connectivity index (χ0n) is 65.6. The van der Waals surface area contributed by atoms with Gasteiger partial charge in [0, 0.05) is 120 Å². The molecule has 0 spiro atoms. The number of nitrogens with zero attached hydrogens (tertiary/aromatic N) is 6. The van der Waals surface area contributed by atoms with E-state index in [4.69, 9.17) is 22.9 Å². The molecule has 0 radical (unpaired) electrons. The number of para-hydroxylation sites is 1. The number of imidazole rings is 1. The number of nitrogens with two attached hydrogens (primary N) is 4. The third kappa shape index (κ3) is 34.4. The van der Waals surface area contributed by atoms with Crippen molar-refractivity contribution in [2.24, 2.45) is 51.6 Å². The van der Waals surface area contributed by atoms with Crippen LogP contribution in [0.3, 0.4) is 0 Å². The largest absolute Gasteiger partial charge is 0.480 e. The monoisotopic (exact) mass is 1620 g/mol. The number of carboxylic acids is 3. The number of aromatic nitrogens is 3. The van der Waals surface area contributed by atoms with E-state index in [9.17, 15) is 87.2 Å². The number of aliphatic imine (C=N–C) groups is 1. The number of aliphatic carboxylic acids is 3. The fourth-order valence-electron chi connectivity index (χ4n) is 13.1. The van der Waals surface area contributed by atoms with E-state index in [0.717, 1.165) is 0 Å². The number of carbonyl (C=O) groups excluding carboxylic acids is 12. The second-order valence-electron chi connectivity index (χ2n) is 29.5. The van der Waals surface area contributed by atoms with Crippen LogP contribution in [0.5, 0.6) is 0 Å². The van der Waals surface area contributed by atoms with E-state index in [2.05, 4.69) is 73.1 Å². The lowest BCUT2D eigenvalue weighted by atomic mass is 9.81. The number of amides is 12. The van der Waals surface area contributed by atoms with Crippen molar-refractivity contribution in [2.45, 2.75) is 160 Å². The zero-order valence-corrected chi connectivity index (χ0v) is 66.5. The fourth-order valence-corrected chi connectivity index (χ4v) is 13.6. The van der Waals surface area contributed by atoms with Crippen LogP contribution < -0.4 is 76.1 Å². The van der Waals surface area contributed by atoms with Crippen molar-refractivity contribution in [3.05, 3.63) is 54.2 Å². The van der Waals surface area contributed by atoms with E-state index < -0.39 is 156 Å². The van der Waals surface area contributed by atoms with Gasteiger partial charge in [0.1, 0.15) is 48.3 Å². The Hall–Kier alpha value is -10.5. The molecule has 12 amide bonds. The molecule has 2 aromatic heterocycles. The molecule has 5 rings (SSSR count). The van der Waals surface area contributed by atoms with E-state index in [-0.39, 0.29) is 160 Å². The summed E-state index contributed by atoms with van der Waals surface area (Å²) in [4.78, 5) is 222. The van der Waals surface area contributed by atoms with Gasteiger partial charge in [-0.05, 0) is 106 Å². The second kappa shape index (κ2) is 48.5. The van der Waals surface area contributed by atoms with E-state index >= 15 is 0 Å². The summed E-state index contributed by atoms with van der Waals surface area (Å²) < 4.78 is 0. The summed E-state index contributed by atoms with van der Waals surface area (Å²) in [6.45, 7) is 8.50. The third-order valence-electron chi connectivity index (χ3n) is 19.5. The Morgan fingerprint density at radius 2 is 1.09 bits per heavy atom. The molecule has 1 saturated heterocycles. The Morgan fingerprint density at radius 1 is 0.561 bits per heavy atom. The van der Waals surface area contributed by atoms with Crippen molar-refractivity contribution >= 4 is 117 Å². The predicted molar refractivity (Wildman–Crippen MR) is 420 cm³/mol. The summed E-state index contributed by atoms with van der Waals surface area (Å²) in [5.74, 6) is -13.5. The molecule has 41 heteroatoms. The van der Waals surface area contributed by atoms with Crippen LogP contribution in [0.2, 0.25) is 0 Å². The SMILES string of the molecule is CSCC[C@H](NC(=O)[C@H](CC(C)C)NC(=O)[C@H](Cc1cnc[nH]1)NC(=O)CNC(=O)[C@@H](NC(=O)[C@H](C)NC(=O)[C@H](Cc1c[nH]c2ccccc12)NC(=O)[C@H](CCC(N)=O)NC(=O)[C@H](CCCN=C(N)N)NC(=O)C1CCC(CNC(=O)CN2CCN(CC(=O)O)CCN(CC(=O)O)CCN(CC(=O)O)CC2)CC1)C(C)C)C(N)=O. The molecule has 0 unspecified atom stereocenters. The first kappa shape index (κ1) is 94.1. The average molecular weight is 1620 g/mol. The number of benzene rings is 1. The maximum Gasteiger partial charge on any atom is 0.317 e. The summed E-state index contributed by atoms with van der Waals surface area (Å²) in [6.07, 6.45) is 7.31. The van der Waals surface area contributed by atoms with Gasteiger partial charge in [-0.3, -0.25) is 96.5 Å². The van der Waals surface area contributed by atoms with Crippen LogP contribution in [-0.2, 0) is 84.8 Å². The number of carboxylic acid groups (broad SMARTS) is 3. The van der Waals surface area contributed by atoms with E-state index in [0.29, 0.717) is 53.6 Å². The van der Waals surface area contributed by atoms with Crippen molar-refractivity contribution in [3.63, 3.8) is 0 Å². The minimum absolute atomic E-state index is 0.0415. The molecule has 3 aromatic rings. The van der Waals surface area contributed by atoms with Crippen molar-refractivity contribution < 1.29 is 87.2 Å². The Bertz CT molecular complexity index is 3730. The van der Waals surface area contributed by atoms with Crippen molar-refractivity contribution in [1.29, 1.82) is 0 Å². The van der Waals surface area contributed by atoms with Gasteiger partial charge in [-0.1, -0.05) is 45.9 Å². The third-order valence-corrected chi connectivity index (χ3v) is 20.1. The lowest BCUT2D eigenvalue weighted by molar-refractivity contribution is -0.140. The van der Waals surface area contributed by atoms with Crippen LogP contribution in [-0.4, -0.2) is 303 Å². The van der Waals surface area contributed by atoms with Gasteiger partial charge in [-0.15, -0.1) is 0 Å². The van der Waals surface area contributed by atoms with Crippen molar-refractivity contribution in [3.8, 4) is 0 Å². The van der Waals surface area contributed by atoms with Gasteiger partial charge in [0.2, 0.25) is 70.9 Å². The molecule has 632 valence electrons. The van der Waals surface area contributed by atoms with Crippen molar-refractivity contribution in [2.75, 3.05) is 110 Å². The average Bonchev–Trinajstić information content (AvgIpc) is 1.36. The molecular formula is C73H116N22O18S. The van der Waals surface area contributed by atoms with Gasteiger partial charge >= 0.3 is 17.9 Å². The fraction of sp³-hybridized carbons (Fsp3) is 0.630. The van der Waals surface area contributed by atoms with Crippen LogP contribution in [0.1, 0.15) is 110 Å². The Morgan fingerprint density at radius 3 is 1.62 bits per heavy atom. The van der Waals surface area contributed by atoms with Crippen molar-refractivity contribution in [1.82, 2.24) is 87.7 Å². The number of hydrogen-bond acceptors (Lipinski definition) is 22. The predicted octanol–water partition coefficient (Wildman–Crippen LogP) is -4.65. The molecular weight excluding hydrogens is 1510 g/mol. The summed E-state index contributed by atoms with van der Waals surface area (Å²) in [6, 6.07) is -3.50. The smallest absolute Gasteiger partial charge is 0.317 e. The van der Waals surface area contributed by atoms with Crippen LogP contribution in [0.4, 0.5) is 0 Å². The van der Waals surface area contributed by atoms with E-state index in [1.165, 1.54) is 31.2 Å². The van der Waals surface area contributed by atoms with Gasteiger partial charge < -0.3 is 101 Å². The number of carbonyl (C=O) groups is 15. The van der Waals surface area contributed by atoms with Gasteiger partial charge in [0.15, 0.2) is 5.96 Å². The summed E-state index contributed by atoms with van der Waals surface area (Å²) in [5, 5.41) is 56.3. The number of guanidine groups is 1. The first-order valence-electron chi connectivity index (χ1n) is 38.2. The van der Waals surface area contributed by atoms with E-state index in [1.54, 1.807) is 63.9 Å². The standard InChI is InChI=1S/C73H116N22O18S/c1-42(2)30-54(70(111)86-51(64(75)105)19-29-114-6)89-71(112)56(32-48-35-78-41-83-48)85-58(97)36-82-72(113)63(43(3)4)91-65(106)44(5)84-69(110)55(31-47-34-80-50-11-8-7-10-49(47)50)90-68(109)53(17-18-57(74)96)88-67(108)52(12-9-20-79-73(76)77)87-66(107)46-15-13-45(14-16-46)33-81-59(98)37-92-21-23-93(38-60(99)100)25-27-95(40-62(103)104)28-26-94(24-22-92)39-61(101)102/h7-8,10-11,34-35,41-46,51-56,63,80H,9,12-33,36-40H2,1-6H3,(H2,74,96)(H2,75,105)(H,78,83)(H,81,98)(H,82,113)(H,84,110)(H,85,97)(H,86,111)(H,87,107)(H,88,108)(H,89,112)(H,90,109)(H,91,106)(H,99,100)(H,101,102)(H,103,104)(H4,76,77,79)/t44-,45?,46?,51-,52-,53-,54-,55-,56-,63-/m0/s1. The Kier molecular flexibility index (Phi) is 40.0. The topological polar surface area (TPSA) is 611 Å². The number of hydrogen-bond donors (Lipinski definition) is 19. The number of thioether (sulfide) groups is 1. The summed E-state index contributed by atoms with van der Waals surface area (Å²) >= 11 is 1.45. The number of primary amides is 2. The van der Waals surface area contributed by atoms with Gasteiger partial charge in [0.25, 0.3) is 0 Å². The summed E-state index contributed by atoms with van der Waals surface area (Å²) in [5.41, 5.74) is 24.0. The maximum atomic E-state index is 14.7. The van der Waals surface area contributed by atoms with Crippen LogP contribution in [0, 0.1) is 23.7 Å². The molecule has 114 heavy (non-hydrogen) atoms. The van der Waals surface area contributed by atoms with Gasteiger partial charge in [-0.25, -0.2) is 4.98 Å². The quantitative estimate of drug-likeness (QED) is 0.0144. The molecule has 3 heterocycles. The second-order valence-corrected chi connectivity index (χ2v) is 30.5. The number of fused-ring (bicyclic) bond motifs is 1. The first-order valence-corrected chi connectivity index (χ1v) is 39.6. The number of H-pyrrole nitrogens is 2. The zero-order chi connectivity index (χ0) is 84.1. The highest BCUT2D eigenvalue weighted by Gasteiger charge is 2.37. The first-order chi connectivity index (χ1) is 54.1. The minimum Gasteiger partial charge on any atom is -0.480 e. The highest BCUT2D eigenvalue weighted by atomic mass is 32.2. The van der Waals surface area contributed by atoms with Gasteiger partial charge in [0.05, 0.1) is 39.1 Å². The lowest BCUT2D eigenvalue weighted by Gasteiger charge is -2.33. The molecule has 1 aliphatic carbocycles. The Labute approximate surface area is 665 Å². The molecule has 1 aromatic carbocycles. The molecule has 1 aliphatic heterocycles. The Balaban J connectivity index is 1.25. The molecule has 0 bridgehead atoms. The molecule has 40 nitrogen and oxygen atoms in total. The molecule has 1 saturated carbocycles. The highest BCUT2D eigenvalue weighted by Crippen LogP contribution is 2.29. The van der Waals surface area contributed by atoms with Crippen LogP contribution >= 0.6 is 11.8 Å². The number of nitrogens with one attached hydrogen (secondary N) is 12. The normalized spacial score (nSPS) is 17.5.